The van der Waals surface area contributed by atoms with E-state index in [2.05, 4.69) is 56.3 Å². The molecule has 1 aromatic heterocycles. The number of aromatic nitrogens is 3. The zero-order chi connectivity index (χ0) is 35.7. The van der Waals surface area contributed by atoms with Gasteiger partial charge in [0, 0.05) is 56.8 Å². The van der Waals surface area contributed by atoms with Crippen molar-refractivity contribution < 1.29 is 24.1 Å². The Bertz CT molecular complexity index is 1190. The number of benzene rings is 1. The van der Waals surface area contributed by atoms with Crippen LogP contribution in [0.4, 0.5) is 0 Å². The molecule has 4 N–H and O–H groups in total. The van der Waals surface area contributed by atoms with Crippen LogP contribution in [-0.4, -0.2) is 72.1 Å². The van der Waals surface area contributed by atoms with Crippen LogP contribution >= 0.6 is 12.4 Å². The molecule has 282 valence electrons. The summed E-state index contributed by atoms with van der Waals surface area (Å²) in [6.45, 7) is 17.2. The Morgan fingerprint density at radius 3 is 2.39 bits per heavy atom. The summed E-state index contributed by atoms with van der Waals surface area (Å²) in [5, 5.41) is 23.1. The third-order valence-electron chi connectivity index (χ3n) is 9.33. The summed E-state index contributed by atoms with van der Waals surface area (Å²) < 4.78 is 18.5. The number of halogens is 1. The fourth-order valence-corrected chi connectivity index (χ4v) is 6.08. The Morgan fingerprint density at radius 1 is 1.02 bits per heavy atom. The van der Waals surface area contributed by atoms with E-state index in [1.807, 2.05) is 36.9 Å². The van der Waals surface area contributed by atoms with E-state index < -0.39 is 12.1 Å². The van der Waals surface area contributed by atoms with E-state index >= 15 is 0 Å². The number of unbranched alkanes of at least 4 members (excludes halogenated alkanes) is 3. The fraction of sp³-hybridized carbons (Fsp3) is 0.763. The van der Waals surface area contributed by atoms with Gasteiger partial charge in [-0.05, 0) is 67.6 Å². The van der Waals surface area contributed by atoms with E-state index in [1.54, 1.807) is 14.2 Å². The number of aryl methyl sites for hydroxylation is 1. The minimum atomic E-state index is -0.793. The minimum Gasteiger partial charge on any atom is -0.493 e. The van der Waals surface area contributed by atoms with Crippen LogP contribution in [0.1, 0.15) is 105 Å². The molecule has 2 aromatic rings. The van der Waals surface area contributed by atoms with Gasteiger partial charge in [0.25, 0.3) is 0 Å². The first-order valence-corrected chi connectivity index (χ1v) is 18.2. The molecule has 0 spiro atoms. The highest BCUT2D eigenvalue weighted by Crippen LogP contribution is 2.32. The van der Waals surface area contributed by atoms with Crippen LogP contribution in [-0.2, 0) is 28.9 Å². The van der Waals surface area contributed by atoms with Gasteiger partial charge in [0.2, 0.25) is 5.91 Å². The van der Waals surface area contributed by atoms with Crippen molar-refractivity contribution in [3.63, 3.8) is 0 Å². The lowest BCUT2D eigenvalue weighted by Crippen LogP contribution is -2.44. The number of nitrogens with zero attached hydrogens (tertiary/aromatic N) is 3. The van der Waals surface area contributed by atoms with E-state index in [1.165, 1.54) is 19.3 Å². The lowest BCUT2D eigenvalue weighted by molar-refractivity contribution is -0.128. The first-order chi connectivity index (χ1) is 22.8. The van der Waals surface area contributed by atoms with Gasteiger partial charge in [-0.3, -0.25) is 9.48 Å². The SMILES string of the molecule is CCCCCCc1cn(CC(C)(C)CNC(=O)[C@@H](C[C@H](O)[C@@H](N)C[C@H](Cc2ccc(OC)c(OCCCOC)c2)C(C)C)C(C)C)nn1.Cl. The standard InChI is InChI=1S/C38H67N5O5.ClH/c1-10-11-12-13-15-31-24-43(42-41-31)26-38(6,7)25-40-37(45)32(28(4)5)23-34(44)33(39)22-30(27(2)3)20-29-16-17-35(47-9)36(21-29)48-19-14-18-46-8;/h16-17,21,24,27-28,30,32-34,44H,10-15,18-20,22-23,25-26,39H2,1-9H3,(H,40,45);1H/t30-,32-,33-,34-;/m0./s1. The van der Waals surface area contributed by atoms with Crippen LogP contribution in [0.3, 0.4) is 0 Å². The summed E-state index contributed by atoms with van der Waals surface area (Å²) in [6.07, 6.45) is 9.55. The third kappa shape index (κ3) is 16.4. The van der Waals surface area contributed by atoms with Gasteiger partial charge in [0.15, 0.2) is 11.5 Å². The van der Waals surface area contributed by atoms with Gasteiger partial charge in [-0.1, -0.05) is 79.0 Å². The van der Waals surface area contributed by atoms with Crippen LogP contribution in [0.2, 0.25) is 0 Å². The smallest absolute Gasteiger partial charge is 0.223 e. The number of methoxy groups -OCH3 is 2. The Morgan fingerprint density at radius 2 is 1.76 bits per heavy atom. The molecule has 1 heterocycles. The van der Waals surface area contributed by atoms with Crippen LogP contribution in [0, 0.1) is 29.1 Å². The first-order valence-electron chi connectivity index (χ1n) is 18.2. The average Bonchev–Trinajstić information content (AvgIpc) is 3.48. The maximum absolute atomic E-state index is 13.5. The molecule has 0 aliphatic carbocycles. The largest absolute Gasteiger partial charge is 0.493 e. The summed E-state index contributed by atoms with van der Waals surface area (Å²) in [5.41, 5.74) is 8.58. The second kappa shape index (κ2) is 23.1. The van der Waals surface area contributed by atoms with Gasteiger partial charge < -0.3 is 30.4 Å². The zero-order valence-corrected chi connectivity index (χ0v) is 32.7. The first kappa shape index (κ1) is 44.6. The highest BCUT2D eigenvalue weighted by Gasteiger charge is 2.31. The summed E-state index contributed by atoms with van der Waals surface area (Å²) in [4.78, 5) is 13.5. The van der Waals surface area contributed by atoms with Gasteiger partial charge in [0.1, 0.15) is 0 Å². The van der Waals surface area contributed by atoms with Gasteiger partial charge in [-0.2, -0.15) is 0 Å². The van der Waals surface area contributed by atoms with E-state index in [0.717, 1.165) is 42.7 Å². The number of ether oxygens (including phenoxy) is 3. The quantitative estimate of drug-likeness (QED) is 0.0977. The number of carbonyl (C=O) groups excluding carboxylic acids is 1. The van der Waals surface area contributed by atoms with Crippen molar-refractivity contribution in [1.29, 1.82) is 0 Å². The Labute approximate surface area is 303 Å². The third-order valence-corrected chi connectivity index (χ3v) is 9.33. The van der Waals surface area contributed by atoms with Crippen LogP contribution in [0.15, 0.2) is 24.4 Å². The predicted octanol–water partition coefficient (Wildman–Crippen LogP) is 6.64. The fourth-order valence-electron chi connectivity index (χ4n) is 6.08. The number of nitrogens with two attached hydrogens (primary N) is 1. The molecule has 0 aliphatic heterocycles. The van der Waals surface area contributed by atoms with E-state index in [0.29, 0.717) is 50.8 Å². The topological polar surface area (TPSA) is 134 Å². The molecule has 11 heteroatoms. The van der Waals surface area contributed by atoms with Gasteiger partial charge in [-0.15, -0.1) is 17.5 Å². The van der Waals surface area contributed by atoms with Crippen molar-refractivity contribution in [2.45, 2.75) is 125 Å². The van der Waals surface area contributed by atoms with Crippen LogP contribution in [0.5, 0.6) is 11.5 Å². The Kier molecular flexibility index (Phi) is 21.1. The summed E-state index contributed by atoms with van der Waals surface area (Å²) >= 11 is 0. The number of carbonyl (C=O) groups is 1. The van der Waals surface area contributed by atoms with E-state index in [-0.39, 0.29) is 41.5 Å². The summed E-state index contributed by atoms with van der Waals surface area (Å²) in [5.74, 6) is 1.68. The highest BCUT2D eigenvalue weighted by molar-refractivity contribution is 5.85. The number of amides is 1. The molecular weight excluding hydrogens is 642 g/mol. The molecule has 10 nitrogen and oxygen atoms in total. The van der Waals surface area contributed by atoms with Gasteiger partial charge >= 0.3 is 0 Å². The number of rotatable bonds is 25. The Balaban J connectivity index is 0.0000120. The van der Waals surface area contributed by atoms with Crippen molar-refractivity contribution in [2.24, 2.45) is 34.8 Å². The number of aliphatic hydroxyl groups excluding tert-OH is 1. The number of hydrogen-bond donors (Lipinski definition) is 3. The predicted molar refractivity (Wildman–Crippen MR) is 200 cm³/mol. The zero-order valence-electron chi connectivity index (χ0n) is 31.9. The number of nitrogens with one attached hydrogen (secondary N) is 1. The lowest BCUT2D eigenvalue weighted by Gasteiger charge is -2.31. The van der Waals surface area contributed by atoms with Crippen molar-refractivity contribution in [3.05, 3.63) is 35.7 Å². The Hall–Kier alpha value is -2.40. The van der Waals surface area contributed by atoms with E-state index in [9.17, 15) is 9.90 Å². The van der Waals surface area contributed by atoms with Crippen molar-refractivity contribution >= 4 is 18.3 Å². The van der Waals surface area contributed by atoms with Gasteiger partial charge in [-0.25, -0.2) is 0 Å². The molecule has 1 aromatic carbocycles. The minimum absolute atomic E-state index is 0. The average molecular weight is 710 g/mol. The monoisotopic (exact) mass is 709 g/mol. The summed E-state index contributed by atoms with van der Waals surface area (Å²) in [6, 6.07) is 5.60. The summed E-state index contributed by atoms with van der Waals surface area (Å²) in [7, 11) is 3.32. The van der Waals surface area contributed by atoms with E-state index in [4.69, 9.17) is 19.9 Å². The molecule has 0 aliphatic rings. The maximum Gasteiger partial charge on any atom is 0.223 e. The van der Waals surface area contributed by atoms with Crippen molar-refractivity contribution in [3.8, 4) is 11.5 Å². The normalized spacial score (nSPS) is 14.3. The molecule has 0 fully saturated rings. The molecular formula is C38H68ClN5O5. The van der Waals surface area contributed by atoms with Crippen LogP contribution < -0.4 is 20.5 Å². The number of aliphatic hydroxyl groups is 1. The maximum atomic E-state index is 13.5. The van der Waals surface area contributed by atoms with Crippen molar-refractivity contribution in [2.75, 3.05) is 34.0 Å². The molecule has 0 saturated heterocycles. The molecule has 49 heavy (non-hydrogen) atoms. The highest BCUT2D eigenvalue weighted by atomic mass is 35.5. The number of hydrogen-bond acceptors (Lipinski definition) is 8. The second-order valence-electron chi connectivity index (χ2n) is 15.0. The van der Waals surface area contributed by atoms with Gasteiger partial charge in [0.05, 0.1) is 25.5 Å². The second-order valence-corrected chi connectivity index (χ2v) is 15.0. The molecule has 2 rings (SSSR count). The van der Waals surface area contributed by atoms with Crippen LogP contribution in [0.25, 0.3) is 0 Å². The molecule has 4 atom stereocenters. The molecule has 0 unspecified atom stereocenters. The van der Waals surface area contributed by atoms with Crippen molar-refractivity contribution in [1.82, 2.24) is 20.3 Å². The molecule has 1 amide bonds. The lowest BCUT2D eigenvalue weighted by atomic mass is 9.80. The molecule has 0 radical (unpaired) electrons. The molecule has 0 bridgehead atoms. The molecule has 0 saturated carbocycles.